The molecule has 15 heavy (non-hydrogen) atoms. The lowest BCUT2D eigenvalue weighted by molar-refractivity contribution is 0.417. The number of ether oxygens (including phenoxy) is 1. The summed E-state index contributed by atoms with van der Waals surface area (Å²) in [5.74, 6) is 0.818. The van der Waals surface area contributed by atoms with Crippen LogP contribution in [0.4, 0.5) is 0 Å². The fourth-order valence-corrected chi connectivity index (χ4v) is 1.45. The van der Waals surface area contributed by atoms with Gasteiger partial charge in [0.1, 0.15) is 5.75 Å². The number of aromatic nitrogens is 3. The Morgan fingerprint density at radius 3 is 2.67 bits per heavy atom. The summed E-state index contributed by atoms with van der Waals surface area (Å²) in [6.07, 6.45) is 1.73. The van der Waals surface area contributed by atoms with E-state index in [1.54, 1.807) is 13.3 Å². The second kappa shape index (κ2) is 3.22. The van der Waals surface area contributed by atoms with Gasteiger partial charge in [-0.2, -0.15) is 5.10 Å². The molecule has 2 aromatic rings. The maximum Gasteiger partial charge on any atom is 0.159 e. The summed E-state index contributed by atoms with van der Waals surface area (Å²) in [6, 6.07) is 1.97. The Labute approximate surface area is 88.7 Å². The van der Waals surface area contributed by atoms with Crippen LogP contribution in [-0.2, 0) is 5.41 Å². The van der Waals surface area contributed by atoms with Crippen molar-refractivity contribution in [2.75, 3.05) is 7.11 Å². The van der Waals surface area contributed by atoms with Crippen LogP contribution in [-0.4, -0.2) is 22.3 Å². The molecule has 2 heterocycles. The number of aromatic amines is 1. The second-order valence-corrected chi connectivity index (χ2v) is 4.59. The molecule has 0 aromatic carbocycles. The predicted octanol–water partition coefficient (Wildman–Crippen LogP) is 2.26. The highest BCUT2D eigenvalue weighted by Gasteiger charge is 2.18. The van der Waals surface area contributed by atoms with Gasteiger partial charge in [0.05, 0.1) is 24.4 Å². The number of H-pyrrole nitrogens is 1. The zero-order valence-electron chi connectivity index (χ0n) is 9.46. The minimum atomic E-state index is 0.00653. The zero-order chi connectivity index (χ0) is 11.1. The Balaban J connectivity index is 2.69. The fourth-order valence-electron chi connectivity index (χ4n) is 1.45. The van der Waals surface area contributed by atoms with Crippen molar-refractivity contribution in [3.05, 3.63) is 18.0 Å². The number of nitrogens with zero attached hydrogens (tertiary/aromatic N) is 2. The van der Waals surface area contributed by atoms with Gasteiger partial charge in [-0.1, -0.05) is 20.8 Å². The molecular formula is C11H15N3O. The van der Waals surface area contributed by atoms with E-state index in [4.69, 9.17) is 4.74 Å². The van der Waals surface area contributed by atoms with Crippen molar-refractivity contribution in [1.29, 1.82) is 0 Å². The molecule has 0 saturated carbocycles. The van der Waals surface area contributed by atoms with Crippen molar-refractivity contribution in [3.8, 4) is 5.75 Å². The van der Waals surface area contributed by atoms with Crippen molar-refractivity contribution in [2.24, 2.45) is 0 Å². The summed E-state index contributed by atoms with van der Waals surface area (Å²) < 4.78 is 5.32. The lowest BCUT2D eigenvalue weighted by Gasteiger charge is -2.18. The van der Waals surface area contributed by atoms with Crippen molar-refractivity contribution < 1.29 is 4.74 Å². The highest BCUT2D eigenvalue weighted by Crippen LogP contribution is 2.29. The minimum Gasteiger partial charge on any atom is -0.496 e. The van der Waals surface area contributed by atoms with E-state index in [0.717, 1.165) is 22.5 Å². The summed E-state index contributed by atoms with van der Waals surface area (Å²) in [5.41, 5.74) is 1.78. The first-order valence-corrected chi connectivity index (χ1v) is 4.91. The summed E-state index contributed by atoms with van der Waals surface area (Å²) in [7, 11) is 1.66. The predicted molar refractivity (Wildman–Crippen MR) is 59.1 cm³/mol. The summed E-state index contributed by atoms with van der Waals surface area (Å²) in [6.45, 7) is 6.37. The molecule has 0 aliphatic rings. The molecular weight excluding hydrogens is 190 g/mol. The van der Waals surface area contributed by atoms with E-state index in [-0.39, 0.29) is 5.41 Å². The largest absolute Gasteiger partial charge is 0.496 e. The third-order valence-corrected chi connectivity index (χ3v) is 2.37. The first kappa shape index (κ1) is 9.96. The van der Waals surface area contributed by atoms with Crippen LogP contribution >= 0.6 is 0 Å². The molecule has 4 nitrogen and oxygen atoms in total. The number of hydrogen-bond donors (Lipinski definition) is 1. The fraction of sp³-hybridized carbons (Fsp3) is 0.455. The topological polar surface area (TPSA) is 50.8 Å². The Morgan fingerprint density at radius 1 is 1.33 bits per heavy atom. The van der Waals surface area contributed by atoms with Crippen molar-refractivity contribution in [3.63, 3.8) is 0 Å². The van der Waals surface area contributed by atoms with E-state index in [1.807, 2.05) is 6.07 Å². The molecule has 2 rings (SSSR count). The molecule has 0 fully saturated rings. The number of methoxy groups -OCH3 is 1. The molecule has 0 saturated heterocycles. The van der Waals surface area contributed by atoms with Crippen molar-refractivity contribution in [2.45, 2.75) is 26.2 Å². The number of hydrogen-bond acceptors (Lipinski definition) is 3. The monoisotopic (exact) mass is 205 g/mol. The zero-order valence-corrected chi connectivity index (χ0v) is 9.46. The van der Waals surface area contributed by atoms with E-state index in [0.29, 0.717) is 0 Å². The maximum atomic E-state index is 5.32. The maximum absolute atomic E-state index is 5.32. The van der Waals surface area contributed by atoms with Crippen LogP contribution in [0.15, 0.2) is 12.3 Å². The van der Waals surface area contributed by atoms with E-state index < -0.39 is 0 Å². The first-order chi connectivity index (χ1) is 7.02. The Hall–Kier alpha value is -1.58. The summed E-state index contributed by atoms with van der Waals surface area (Å²) in [5, 5.41) is 7.75. The van der Waals surface area contributed by atoms with Crippen LogP contribution in [0.25, 0.3) is 11.0 Å². The van der Waals surface area contributed by atoms with E-state index >= 15 is 0 Å². The van der Waals surface area contributed by atoms with Crippen LogP contribution in [0.2, 0.25) is 0 Å². The van der Waals surface area contributed by atoms with Crippen LogP contribution in [0.5, 0.6) is 5.75 Å². The van der Waals surface area contributed by atoms with Crippen LogP contribution in [0.3, 0.4) is 0 Å². The Bertz CT molecular complexity index is 482. The standard InChI is InChI=1S/C11H15N3O/c1-11(2,3)9-5-8(15-4)7-6-12-14-10(7)13-9/h5-6H,1-4H3,(H,12,13,14). The van der Waals surface area contributed by atoms with E-state index in [9.17, 15) is 0 Å². The second-order valence-electron chi connectivity index (χ2n) is 4.59. The molecule has 0 aliphatic heterocycles. The number of rotatable bonds is 1. The normalized spacial score (nSPS) is 12.0. The number of nitrogens with one attached hydrogen (secondary N) is 1. The molecule has 0 radical (unpaired) electrons. The summed E-state index contributed by atoms with van der Waals surface area (Å²) >= 11 is 0. The number of fused-ring (bicyclic) bond motifs is 1. The molecule has 0 atom stereocenters. The van der Waals surface area contributed by atoms with Crippen molar-refractivity contribution in [1.82, 2.24) is 15.2 Å². The van der Waals surface area contributed by atoms with Gasteiger partial charge in [0.25, 0.3) is 0 Å². The minimum absolute atomic E-state index is 0.00653. The lowest BCUT2D eigenvalue weighted by atomic mass is 9.91. The molecule has 0 bridgehead atoms. The molecule has 0 aliphatic carbocycles. The van der Waals surface area contributed by atoms with E-state index in [1.165, 1.54) is 0 Å². The highest BCUT2D eigenvalue weighted by atomic mass is 16.5. The lowest BCUT2D eigenvalue weighted by Crippen LogP contribution is -2.13. The molecule has 1 N–H and O–H groups in total. The molecule has 80 valence electrons. The number of pyridine rings is 1. The third-order valence-electron chi connectivity index (χ3n) is 2.37. The van der Waals surface area contributed by atoms with Gasteiger partial charge in [-0.05, 0) is 0 Å². The average molecular weight is 205 g/mol. The van der Waals surface area contributed by atoms with Crippen LogP contribution < -0.4 is 4.74 Å². The van der Waals surface area contributed by atoms with E-state index in [2.05, 4.69) is 36.0 Å². The van der Waals surface area contributed by atoms with Crippen LogP contribution in [0, 0.1) is 0 Å². The van der Waals surface area contributed by atoms with Gasteiger partial charge in [0, 0.05) is 11.5 Å². The van der Waals surface area contributed by atoms with Crippen LogP contribution in [0.1, 0.15) is 26.5 Å². The third kappa shape index (κ3) is 1.67. The molecule has 4 heteroatoms. The Kier molecular flexibility index (Phi) is 2.14. The molecule has 0 amide bonds. The van der Waals surface area contributed by atoms with Gasteiger partial charge in [0.15, 0.2) is 5.65 Å². The van der Waals surface area contributed by atoms with Gasteiger partial charge in [-0.15, -0.1) is 0 Å². The average Bonchev–Trinajstić information content (AvgIpc) is 2.62. The van der Waals surface area contributed by atoms with Gasteiger partial charge in [-0.3, -0.25) is 5.10 Å². The van der Waals surface area contributed by atoms with Gasteiger partial charge in [0.2, 0.25) is 0 Å². The Morgan fingerprint density at radius 2 is 2.07 bits per heavy atom. The molecule has 2 aromatic heterocycles. The van der Waals surface area contributed by atoms with Crippen molar-refractivity contribution >= 4 is 11.0 Å². The smallest absolute Gasteiger partial charge is 0.159 e. The summed E-state index contributed by atoms with van der Waals surface area (Å²) in [4.78, 5) is 4.52. The van der Waals surface area contributed by atoms with Gasteiger partial charge < -0.3 is 4.74 Å². The highest BCUT2D eigenvalue weighted by molar-refractivity contribution is 5.81. The SMILES string of the molecule is COc1cc(C(C)(C)C)nc2[nH]ncc12. The molecule has 0 unspecified atom stereocenters. The first-order valence-electron chi connectivity index (χ1n) is 4.91. The quantitative estimate of drug-likeness (QED) is 0.777. The van der Waals surface area contributed by atoms with Gasteiger partial charge in [-0.25, -0.2) is 4.98 Å². The molecule has 0 spiro atoms. The van der Waals surface area contributed by atoms with Gasteiger partial charge >= 0.3 is 0 Å².